The van der Waals surface area contributed by atoms with Gasteiger partial charge in [0.2, 0.25) is 0 Å². The van der Waals surface area contributed by atoms with Gasteiger partial charge in [-0.25, -0.2) is 4.39 Å². The van der Waals surface area contributed by atoms with Crippen LogP contribution in [0.2, 0.25) is 0 Å². The molecule has 0 radical (unpaired) electrons. The smallest absolute Gasteiger partial charge is 0.207 e. The van der Waals surface area contributed by atoms with E-state index in [4.69, 9.17) is 0 Å². The van der Waals surface area contributed by atoms with E-state index < -0.39 is 6.17 Å². The van der Waals surface area contributed by atoms with E-state index in [-0.39, 0.29) is 5.82 Å². The first-order chi connectivity index (χ1) is 15.2. The second-order valence-electron chi connectivity index (χ2n) is 7.36. The number of thiophene rings is 1. The lowest BCUT2D eigenvalue weighted by atomic mass is 10.1. The highest BCUT2D eigenvalue weighted by atomic mass is 32.2. The van der Waals surface area contributed by atoms with Gasteiger partial charge in [-0.2, -0.15) is 4.31 Å². The summed E-state index contributed by atoms with van der Waals surface area (Å²) >= 11 is 3.03. The van der Waals surface area contributed by atoms with E-state index in [9.17, 15) is 9.30 Å². The van der Waals surface area contributed by atoms with Gasteiger partial charge < -0.3 is 0 Å². The van der Waals surface area contributed by atoms with E-state index in [0.29, 0.717) is 17.9 Å². The Kier molecular flexibility index (Phi) is 5.68. The molecule has 1 aromatic heterocycles. The Morgan fingerprint density at radius 3 is 2.39 bits per heavy atom. The molecule has 1 aliphatic heterocycles. The number of fused-ring (bicyclic) bond motifs is 1. The molecular formula is C25H20FN2OS2+. The van der Waals surface area contributed by atoms with Crippen molar-refractivity contribution in [1.29, 1.82) is 0 Å². The van der Waals surface area contributed by atoms with Crippen LogP contribution in [0, 0.1) is 10.7 Å². The number of rotatable bonds is 5. The van der Waals surface area contributed by atoms with Gasteiger partial charge in [-0.05, 0) is 23.3 Å². The third-order valence-electron chi connectivity index (χ3n) is 5.31. The molecule has 5 rings (SSSR count). The number of hydrogen-bond donors (Lipinski definition) is 0. The Labute approximate surface area is 188 Å². The van der Waals surface area contributed by atoms with Crippen molar-refractivity contribution in [3.05, 3.63) is 118 Å². The van der Waals surface area contributed by atoms with Crippen molar-refractivity contribution < 1.29 is 9.15 Å². The fourth-order valence-corrected chi connectivity index (χ4v) is 5.98. The average Bonchev–Trinajstić information content (AvgIpc) is 3.24. The standard InChI is InChI=1S/C25H20FN2OS2/c26-22-14-8-7-13-20(22)17-30-27-16-21-15-23(18-9-3-1-4-10-18)31-25(21)28(29)24(27)19-11-5-2-6-12-19/h1-15,24H,16-17H2/q+1. The van der Waals surface area contributed by atoms with Gasteiger partial charge >= 0.3 is 5.00 Å². The fraction of sp³-hybridized carbons (Fsp3) is 0.120. The average molecular weight is 448 g/mol. The number of halogens is 1. The Balaban J connectivity index is 1.50. The van der Waals surface area contributed by atoms with Gasteiger partial charge in [0.1, 0.15) is 5.82 Å². The van der Waals surface area contributed by atoms with E-state index in [1.165, 1.54) is 29.4 Å². The minimum atomic E-state index is -0.465. The number of hydrogen-bond acceptors (Lipinski definition) is 4. The molecule has 2 heterocycles. The van der Waals surface area contributed by atoms with Crippen LogP contribution in [0.1, 0.15) is 22.9 Å². The summed E-state index contributed by atoms with van der Waals surface area (Å²) in [5.74, 6) is 0.249. The highest BCUT2D eigenvalue weighted by Crippen LogP contribution is 2.47. The number of benzene rings is 3. The Bertz CT molecular complexity index is 1210. The molecule has 6 heteroatoms. The first-order valence-corrected chi connectivity index (χ1v) is 11.8. The molecule has 0 fully saturated rings. The fourth-order valence-electron chi connectivity index (χ4n) is 3.76. The van der Waals surface area contributed by atoms with Crippen molar-refractivity contribution in [2.24, 2.45) is 0 Å². The van der Waals surface area contributed by atoms with Crippen molar-refractivity contribution in [2.45, 2.75) is 18.5 Å². The maximum absolute atomic E-state index is 14.2. The first kappa shape index (κ1) is 20.1. The van der Waals surface area contributed by atoms with Gasteiger partial charge in [0.05, 0.1) is 10.3 Å². The summed E-state index contributed by atoms with van der Waals surface area (Å²) < 4.78 is 17.3. The highest BCUT2D eigenvalue weighted by molar-refractivity contribution is 7.96. The first-order valence-electron chi connectivity index (χ1n) is 10.0. The van der Waals surface area contributed by atoms with Crippen LogP contribution < -0.4 is 0 Å². The monoisotopic (exact) mass is 447 g/mol. The SMILES string of the molecule is O=[N+]1c2sc(-c3ccccc3)cc2CN(SCc2ccccc2F)C1c1ccccc1. The van der Waals surface area contributed by atoms with Crippen LogP contribution in [0.3, 0.4) is 0 Å². The van der Waals surface area contributed by atoms with Crippen LogP contribution in [0.25, 0.3) is 10.4 Å². The predicted molar refractivity (Wildman–Crippen MR) is 125 cm³/mol. The van der Waals surface area contributed by atoms with Crippen LogP contribution in [-0.2, 0) is 12.3 Å². The van der Waals surface area contributed by atoms with Gasteiger partial charge in [-0.3, -0.25) is 0 Å². The molecule has 0 aliphatic carbocycles. The van der Waals surface area contributed by atoms with Gasteiger partial charge in [-0.1, -0.05) is 102 Å². The van der Waals surface area contributed by atoms with E-state index in [1.54, 1.807) is 12.1 Å². The molecular weight excluding hydrogens is 427 g/mol. The molecule has 0 amide bonds. The summed E-state index contributed by atoms with van der Waals surface area (Å²) in [5, 5.41) is 0.746. The van der Waals surface area contributed by atoms with Gasteiger partial charge in [0, 0.05) is 27.6 Å². The summed E-state index contributed by atoms with van der Waals surface area (Å²) in [6.45, 7) is 0.621. The molecule has 1 aliphatic rings. The maximum atomic E-state index is 14.2. The van der Waals surface area contributed by atoms with Crippen molar-refractivity contribution in [1.82, 2.24) is 4.31 Å². The molecule has 1 unspecified atom stereocenters. The van der Waals surface area contributed by atoms with Crippen LogP contribution in [-0.4, -0.2) is 9.07 Å². The molecule has 31 heavy (non-hydrogen) atoms. The van der Waals surface area contributed by atoms with E-state index in [1.807, 2.05) is 54.6 Å². The summed E-state index contributed by atoms with van der Waals surface area (Å²) in [7, 11) is 0. The second-order valence-corrected chi connectivity index (χ2v) is 9.40. The highest BCUT2D eigenvalue weighted by Gasteiger charge is 2.44. The van der Waals surface area contributed by atoms with Crippen molar-refractivity contribution in [3.8, 4) is 10.4 Å². The molecule has 0 saturated heterocycles. The van der Waals surface area contributed by atoms with Crippen molar-refractivity contribution >= 4 is 28.3 Å². The molecule has 3 nitrogen and oxygen atoms in total. The maximum Gasteiger partial charge on any atom is 0.318 e. The Hall–Kier alpha value is -2.80. The lowest BCUT2D eigenvalue weighted by Gasteiger charge is -2.27. The third-order valence-corrected chi connectivity index (χ3v) is 7.62. The number of nitrogens with zero attached hydrogens (tertiary/aromatic N) is 2. The lowest BCUT2D eigenvalue weighted by molar-refractivity contribution is -0.538. The summed E-state index contributed by atoms with van der Waals surface area (Å²) in [5.41, 5.74) is 3.68. The molecule has 4 aromatic rings. The normalized spacial score (nSPS) is 16.3. The molecule has 154 valence electrons. The van der Waals surface area contributed by atoms with Crippen molar-refractivity contribution in [2.75, 3.05) is 0 Å². The molecule has 0 N–H and O–H groups in total. The van der Waals surface area contributed by atoms with Crippen LogP contribution >= 0.6 is 23.3 Å². The van der Waals surface area contributed by atoms with E-state index in [0.717, 1.165) is 31.3 Å². The molecule has 0 bridgehead atoms. The summed E-state index contributed by atoms with van der Waals surface area (Å²) in [6.07, 6.45) is -0.465. The van der Waals surface area contributed by atoms with Crippen molar-refractivity contribution in [3.63, 3.8) is 0 Å². The molecule has 0 spiro atoms. The van der Waals surface area contributed by atoms with E-state index in [2.05, 4.69) is 22.5 Å². The quantitative estimate of drug-likeness (QED) is 0.236. The molecule has 1 atom stereocenters. The second kappa shape index (κ2) is 8.75. The summed E-state index contributed by atoms with van der Waals surface area (Å²) in [4.78, 5) is 14.6. The topological polar surface area (TPSA) is 23.3 Å². The third kappa shape index (κ3) is 4.06. The lowest BCUT2D eigenvalue weighted by Crippen LogP contribution is -2.32. The molecule has 3 aromatic carbocycles. The van der Waals surface area contributed by atoms with Crippen LogP contribution in [0.5, 0.6) is 0 Å². The zero-order valence-electron chi connectivity index (χ0n) is 16.6. The number of nitroso groups, excluding NO2 is 1. The Morgan fingerprint density at radius 2 is 1.65 bits per heavy atom. The zero-order chi connectivity index (χ0) is 21.2. The van der Waals surface area contributed by atoms with Gasteiger partial charge in [-0.15, -0.1) is 0 Å². The molecule has 0 saturated carbocycles. The summed E-state index contributed by atoms with van der Waals surface area (Å²) in [6, 6.07) is 28.8. The van der Waals surface area contributed by atoms with Crippen LogP contribution in [0.4, 0.5) is 9.39 Å². The minimum absolute atomic E-state index is 0.218. The van der Waals surface area contributed by atoms with Gasteiger partial charge in [0.25, 0.3) is 6.17 Å². The Morgan fingerprint density at radius 1 is 0.968 bits per heavy atom. The van der Waals surface area contributed by atoms with E-state index >= 15 is 0 Å². The van der Waals surface area contributed by atoms with Crippen LogP contribution in [0.15, 0.2) is 91.0 Å². The predicted octanol–water partition coefficient (Wildman–Crippen LogP) is 7.33. The zero-order valence-corrected chi connectivity index (χ0v) is 18.3. The van der Waals surface area contributed by atoms with Gasteiger partial charge in [0.15, 0.2) is 0 Å². The minimum Gasteiger partial charge on any atom is -0.207 e. The largest absolute Gasteiger partial charge is 0.318 e.